The number of benzene rings is 1. The van der Waals surface area contributed by atoms with Gasteiger partial charge in [0.15, 0.2) is 5.75 Å². The maximum atomic E-state index is 14.9. The molecule has 1 aromatic carbocycles. The first-order valence-corrected chi connectivity index (χ1v) is 11.2. The summed E-state index contributed by atoms with van der Waals surface area (Å²) in [5.74, 6) is -3.82. The van der Waals surface area contributed by atoms with Gasteiger partial charge in [-0.25, -0.2) is 19.8 Å². The van der Waals surface area contributed by atoms with E-state index < -0.39 is 29.6 Å². The lowest BCUT2D eigenvalue weighted by molar-refractivity contribution is -0.192. The number of rotatable bonds is 1. The lowest BCUT2D eigenvalue weighted by Crippen LogP contribution is -2.30. The molecule has 0 saturated carbocycles. The number of hydrogen-bond acceptors (Lipinski definition) is 7. The molecule has 4 aromatic rings. The molecule has 6 rings (SSSR count). The first kappa shape index (κ1) is 26.0. The number of halogens is 6. The van der Waals surface area contributed by atoms with Crippen molar-refractivity contribution < 1.29 is 36.6 Å². The molecule has 5 heterocycles. The molecule has 1 atom stereocenters. The zero-order valence-electron chi connectivity index (χ0n) is 19.2. The van der Waals surface area contributed by atoms with Crippen molar-refractivity contribution in [2.75, 3.05) is 0 Å². The second-order valence-corrected chi connectivity index (χ2v) is 8.56. The fourth-order valence-electron chi connectivity index (χ4n) is 4.37. The molecule has 39 heavy (non-hydrogen) atoms. The Morgan fingerprint density at radius 2 is 1.67 bits per heavy atom. The van der Waals surface area contributed by atoms with Crippen molar-refractivity contribution in [1.82, 2.24) is 15.0 Å². The van der Waals surface area contributed by atoms with Crippen molar-refractivity contribution >= 4 is 23.4 Å². The van der Waals surface area contributed by atoms with Gasteiger partial charge in [0.25, 0.3) is 5.95 Å². The predicted octanol–water partition coefficient (Wildman–Crippen LogP) is 5.22. The zero-order valence-corrected chi connectivity index (χ0v) is 19.9. The van der Waals surface area contributed by atoms with Gasteiger partial charge in [-0.3, -0.25) is 4.98 Å². The summed E-state index contributed by atoms with van der Waals surface area (Å²) in [5.41, 5.74) is 7.79. The molecule has 1 spiro atoms. The van der Waals surface area contributed by atoms with Crippen molar-refractivity contribution in [1.29, 1.82) is 0 Å². The molecular formula is C25H13ClF5N5O3. The molecule has 0 bridgehead atoms. The minimum Gasteiger partial charge on any atom is -0.475 e. The van der Waals surface area contributed by atoms with Crippen LogP contribution >= 0.6 is 11.6 Å². The summed E-state index contributed by atoms with van der Waals surface area (Å²) in [6, 6.07) is 13.4. The third kappa shape index (κ3) is 4.30. The summed E-state index contributed by atoms with van der Waals surface area (Å²) in [4.78, 5) is 25.4. The fourth-order valence-corrected chi connectivity index (χ4v) is 4.55. The van der Waals surface area contributed by atoms with E-state index in [0.717, 1.165) is 0 Å². The molecule has 3 N–H and O–H groups in total. The number of carboxylic acids is 1. The van der Waals surface area contributed by atoms with Gasteiger partial charge in [-0.2, -0.15) is 22.0 Å². The molecule has 8 nitrogen and oxygen atoms in total. The third-order valence-electron chi connectivity index (χ3n) is 5.91. The topological polar surface area (TPSA) is 124 Å². The average Bonchev–Trinajstić information content (AvgIpc) is 3.18. The number of aromatic nitrogens is 3. The zero-order chi connectivity index (χ0) is 28.1. The molecule has 0 amide bonds. The van der Waals surface area contributed by atoms with E-state index in [1.165, 1.54) is 12.3 Å². The van der Waals surface area contributed by atoms with E-state index in [1.54, 1.807) is 42.6 Å². The third-order valence-corrected chi connectivity index (χ3v) is 6.11. The molecule has 0 aliphatic carbocycles. The first-order chi connectivity index (χ1) is 18.4. The van der Waals surface area contributed by atoms with E-state index in [1.807, 2.05) is 6.07 Å². The molecule has 2 aliphatic heterocycles. The summed E-state index contributed by atoms with van der Waals surface area (Å²) in [6.07, 6.45) is -2.11. The lowest BCUT2D eigenvalue weighted by atomic mass is 9.76. The maximum absolute atomic E-state index is 14.9. The molecule has 0 saturated heterocycles. The van der Waals surface area contributed by atoms with E-state index in [-0.39, 0.29) is 16.7 Å². The number of nitrogens with zero attached hydrogens (tertiary/aromatic N) is 4. The van der Waals surface area contributed by atoms with E-state index in [4.69, 9.17) is 37.0 Å². The van der Waals surface area contributed by atoms with E-state index >= 15 is 0 Å². The number of carboxylic acid groups (broad SMARTS) is 1. The summed E-state index contributed by atoms with van der Waals surface area (Å²) >= 11 is 6.12. The number of ether oxygens (including phenoxy) is 1. The van der Waals surface area contributed by atoms with Gasteiger partial charge in [-0.05, 0) is 42.0 Å². The molecule has 0 fully saturated rings. The molecular weight excluding hydrogens is 549 g/mol. The van der Waals surface area contributed by atoms with Crippen LogP contribution in [0.15, 0.2) is 65.9 Å². The van der Waals surface area contributed by atoms with Crippen molar-refractivity contribution in [3.05, 3.63) is 100 Å². The maximum Gasteiger partial charge on any atom is 0.490 e. The number of pyridine rings is 3. The Balaban J connectivity index is 0.000000392. The minimum absolute atomic E-state index is 0.0618. The lowest BCUT2D eigenvalue weighted by Gasteiger charge is -2.35. The van der Waals surface area contributed by atoms with Crippen LogP contribution in [0.4, 0.5) is 22.0 Å². The van der Waals surface area contributed by atoms with Crippen molar-refractivity contribution in [3.63, 3.8) is 0 Å². The quantitative estimate of drug-likeness (QED) is 0.241. The van der Waals surface area contributed by atoms with E-state index in [2.05, 4.69) is 15.0 Å². The number of nitrogens with two attached hydrogens (primary N) is 1. The molecule has 3 aromatic heterocycles. The Morgan fingerprint density at radius 3 is 2.36 bits per heavy atom. The number of alkyl halides is 3. The van der Waals surface area contributed by atoms with E-state index in [0.29, 0.717) is 39.3 Å². The standard InChI is InChI=1S/C23H12ClF2N5O.C2HF3O2/c24-17-10-15-19(21(26)30-17)32-16-6-5-11(12-3-1-8-29-20(12)25)9-14(16)23(15)13-4-2-7-28-18(13)22(27)31-23;3-2(4,5)1(6)7/h1-10H,(H2,27,31);(H,6,7)/t23-;/m0./s1. The highest BCUT2D eigenvalue weighted by Crippen LogP contribution is 2.56. The van der Waals surface area contributed by atoms with Gasteiger partial charge in [-0.15, -0.1) is 0 Å². The number of aliphatic imine (C=N–C) groups is 1. The highest BCUT2D eigenvalue weighted by Gasteiger charge is 2.50. The summed E-state index contributed by atoms with van der Waals surface area (Å²) in [6.45, 7) is 0. The van der Waals surface area contributed by atoms with Crippen LogP contribution in [0.25, 0.3) is 11.1 Å². The normalized spacial score (nSPS) is 16.7. The largest absolute Gasteiger partial charge is 0.490 e. The molecule has 2 aliphatic rings. The Hall–Kier alpha value is -4.65. The number of hydrogen-bond donors (Lipinski definition) is 2. The Labute approximate surface area is 220 Å². The summed E-state index contributed by atoms with van der Waals surface area (Å²) in [5, 5.41) is 7.06. The van der Waals surface area contributed by atoms with Crippen LogP contribution in [-0.2, 0) is 10.3 Å². The molecule has 0 unspecified atom stereocenters. The van der Waals surface area contributed by atoms with Crippen molar-refractivity contribution in [2.24, 2.45) is 10.7 Å². The smallest absolute Gasteiger partial charge is 0.475 e. The number of fused-ring (bicyclic) bond motifs is 6. The summed E-state index contributed by atoms with van der Waals surface area (Å²) in [7, 11) is 0. The highest BCUT2D eigenvalue weighted by atomic mass is 35.5. The second kappa shape index (κ2) is 9.27. The van der Waals surface area contributed by atoms with Crippen molar-refractivity contribution in [2.45, 2.75) is 11.7 Å². The number of amidine groups is 1. The number of aliphatic carboxylic acids is 1. The predicted molar refractivity (Wildman–Crippen MR) is 127 cm³/mol. The first-order valence-electron chi connectivity index (χ1n) is 10.8. The molecule has 198 valence electrons. The Kier molecular flexibility index (Phi) is 6.18. The Morgan fingerprint density at radius 1 is 0.974 bits per heavy atom. The van der Waals surface area contributed by atoms with Gasteiger partial charge in [0, 0.05) is 34.6 Å². The average molecular weight is 562 g/mol. The van der Waals surface area contributed by atoms with Gasteiger partial charge in [0.1, 0.15) is 28.0 Å². The van der Waals surface area contributed by atoms with Crippen LogP contribution in [-0.4, -0.2) is 38.0 Å². The monoisotopic (exact) mass is 561 g/mol. The molecule has 0 radical (unpaired) electrons. The van der Waals surface area contributed by atoms with Crippen LogP contribution in [0.3, 0.4) is 0 Å². The van der Waals surface area contributed by atoms with Gasteiger partial charge >= 0.3 is 12.1 Å². The van der Waals surface area contributed by atoms with Crippen LogP contribution in [0.1, 0.15) is 22.4 Å². The fraction of sp³-hybridized carbons (Fsp3) is 0.0800. The highest BCUT2D eigenvalue weighted by molar-refractivity contribution is 6.29. The van der Waals surface area contributed by atoms with Crippen molar-refractivity contribution in [3.8, 4) is 22.6 Å². The molecule has 14 heteroatoms. The minimum atomic E-state index is -5.08. The van der Waals surface area contributed by atoms with Crippen LogP contribution in [0.2, 0.25) is 5.15 Å². The second-order valence-electron chi connectivity index (χ2n) is 8.18. The Bertz CT molecular complexity index is 1680. The van der Waals surface area contributed by atoms with Crippen LogP contribution in [0.5, 0.6) is 11.5 Å². The van der Waals surface area contributed by atoms with E-state index in [9.17, 15) is 22.0 Å². The summed E-state index contributed by atoms with van der Waals surface area (Å²) < 4.78 is 66.9. The van der Waals surface area contributed by atoms with Gasteiger partial charge in [-0.1, -0.05) is 23.7 Å². The van der Waals surface area contributed by atoms with Crippen LogP contribution < -0.4 is 10.5 Å². The van der Waals surface area contributed by atoms with Gasteiger partial charge in [0.2, 0.25) is 5.95 Å². The van der Waals surface area contributed by atoms with Crippen LogP contribution in [0, 0.1) is 11.9 Å². The SMILES string of the molecule is NC1=N[C@]2(c3cc(-c4cccnc4F)ccc3Oc3c2cc(Cl)nc3F)c2cccnc21.O=C(O)C(F)(F)F. The van der Waals surface area contributed by atoms with Gasteiger partial charge in [0.05, 0.1) is 0 Å². The number of carbonyl (C=O) groups is 1. The van der Waals surface area contributed by atoms with Gasteiger partial charge < -0.3 is 15.6 Å².